The highest BCUT2D eigenvalue weighted by Crippen LogP contribution is 2.47. The van der Waals surface area contributed by atoms with Gasteiger partial charge in [-0.15, -0.1) is 0 Å². The molecule has 5 aliphatic heterocycles. The Labute approximate surface area is 270 Å². The lowest BCUT2D eigenvalue weighted by atomic mass is 9.80. The summed E-state index contributed by atoms with van der Waals surface area (Å²) in [6.45, 7) is 12.7. The molecule has 1 N–H and O–H groups in total. The smallest absolute Gasteiger partial charge is 0.412 e. The van der Waals surface area contributed by atoms with E-state index < -0.39 is 23.4 Å². The van der Waals surface area contributed by atoms with E-state index in [1.807, 2.05) is 45.9 Å². The molecular weight excluding hydrogens is 593 g/mol. The van der Waals surface area contributed by atoms with Gasteiger partial charge in [-0.1, -0.05) is 6.07 Å². The van der Waals surface area contributed by atoms with Gasteiger partial charge in [0, 0.05) is 55.9 Å². The summed E-state index contributed by atoms with van der Waals surface area (Å²) in [5.41, 5.74) is 2.38. The van der Waals surface area contributed by atoms with Crippen LogP contribution in [-0.4, -0.2) is 95.9 Å². The number of nitrogens with zero attached hydrogens (tertiary/aromatic N) is 5. The van der Waals surface area contributed by atoms with Crippen LogP contribution in [0.5, 0.6) is 6.01 Å². The molecule has 46 heavy (non-hydrogen) atoms. The number of fused-ring (bicyclic) bond motifs is 4. The van der Waals surface area contributed by atoms with E-state index in [1.165, 1.54) is 4.90 Å². The van der Waals surface area contributed by atoms with Crippen LogP contribution in [0.3, 0.4) is 0 Å². The van der Waals surface area contributed by atoms with Crippen molar-refractivity contribution in [3.05, 3.63) is 40.6 Å². The number of carboxylic acid groups (broad SMARTS) is 1. The Morgan fingerprint density at radius 3 is 2.85 bits per heavy atom. The first-order valence-corrected chi connectivity index (χ1v) is 16.7. The molecule has 11 nitrogen and oxygen atoms in total. The average Bonchev–Trinajstić information content (AvgIpc) is 3.38. The quantitative estimate of drug-likeness (QED) is 0.480. The first kappa shape index (κ1) is 31.5. The summed E-state index contributed by atoms with van der Waals surface area (Å²) < 4.78 is 39.8. The maximum atomic E-state index is 14.5. The Morgan fingerprint density at radius 2 is 2.04 bits per heavy atom. The first-order valence-electron chi connectivity index (χ1n) is 16.7. The van der Waals surface area contributed by atoms with E-state index >= 15 is 0 Å². The number of carbonyl (C=O) groups is 1. The summed E-state index contributed by atoms with van der Waals surface area (Å²) in [5.74, 6) is 0.791. The topological polar surface area (TPSA) is 110 Å². The second-order valence-corrected chi connectivity index (χ2v) is 14.5. The lowest BCUT2D eigenvalue weighted by Gasteiger charge is -2.45. The van der Waals surface area contributed by atoms with Crippen molar-refractivity contribution in [2.24, 2.45) is 0 Å². The van der Waals surface area contributed by atoms with Gasteiger partial charge in [-0.3, -0.25) is 9.80 Å². The Morgan fingerprint density at radius 1 is 1.20 bits per heavy atom. The van der Waals surface area contributed by atoms with Gasteiger partial charge < -0.3 is 29.0 Å². The lowest BCUT2D eigenvalue weighted by Crippen LogP contribution is -2.47. The van der Waals surface area contributed by atoms with Gasteiger partial charge in [0.15, 0.2) is 0 Å². The molecule has 3 saturated heterocycles. The molecule has 0 saturated carbocycles. The van der Waals surface area contributed by atoms with Gasteiger partial charge in [-0.2, -0.15) is 9.97 Å². The van der Waals surface area contributed by atoms with Crippen LogP contribution in [-0.2, 0) is 32.8 Å². The van der Waals surface area contributed by atoms with Crippen LogP contribution in [0.1, 0.15) is 81.9 Å². The molecule has 1 aromatic heterocycles. The molecule has 7 rings (SSSR count). The third kappa shape index (κ3) is 5.61. The number of alkyl halides is 1. The van der Waals surface area contributed by atoms with Crippen molar-refractivity contribution >= 4 is 17.6 Å². The zero-order valence-corrected chi connectivity index (χ0v) is 27.4. The number of amides is 1. The Bertz CT molecular complexity index is 1480. The second-order valence-electron chi connectivity index (χ2n) is 14.5. The summed E-state index contributed by atoms with van der Waals surface area (Å²) in [5, 5.41) is 10.2. The highest BCUT2D eigenvalue weighted by molar-refractivity contribution is 5.88. The van der Waals surface area contributed by atoms with Crippen LogP contribution in [0.15, 0.2) is 18.2 Å². The van der Waals surface area contributed by atoms with Gasteiger partial charge in [0.2, 0.25) is 0 Å². The van der Waals surface area contributed by atoms with Gasteiger partial charge in [-0.05, 0) is 76.8 Å². The third-order valence-electron chi connectivity index (χ3n) is 10.4. The predicted molar refractivity (Wildman–Crippen MR) is 169 cm³/mol. The minimum Gasteiger partial charge on any atom is -0.465 e. The van der Waals surface area contributed by atoms with Gasteiger partial charge in [0.25, 0.3) is 0 Å². The SMILES string of the molecule is C[C@@H]1OC[C@]2(Cc3nc(OC[C@@]45CCCN4C[C@H](F)C5)nc(N4CCCOCC4)c3CO2)c2cc(N(C(=O)O)C(C)(C)C)ccc21. The molecule has 2 aromatic rings. The second kappa shape index (κ2) is 11.9. The fourth-order valence-electron chi connectivity index (χ4n) is 8.16. The number of rotatable bonds is 5. The molecule has 3 fully saturated rings. The van der Waals surface area contributed by atoms with Crippen LogP contribution in [0.2, 0.25) is 0 Å². The number of anilines is 2. The average molecular weight is 640 g/mol. The monoisotopic (exact) mass is 639 g/mol. The minimum absolute atomic E-state index is 0.177. The van der Waals surface area contributed by atoms with Crippen LogP contribution in [0.4, 0.5) is 20.7 Å². The first-order chi connectivity index (χ1) is 22.0. The van der Waals surface area contributed by atoms with E-state index in [2.05, 4.69) is 9.80 Å². The van der Waals surface area contributed by atoms with Crippen molar-refractivity contribution < 1.29 is 33.2 Å². The van der Waals surface area contributed by atoms with Gasteiger partial charge in [0.05, 0.1) is 37.2 Å². The number of halogens is 1. The fourth-order valence-corrected chi connectivity index (χ4v) is 8.16. The van der Waals surface area contributed by atoms with Crippen molar-refractivity contribution in [3.8, 4) is 6.01 Å². The molecular formula is C34H46FN5O6. The summed E-state index contributed by atoms with van der Waals surface area (Å²) >= 11 is 0. The molecule has 4 atom stereocenters. The van der Waals surface area contributed by atoms with E-state index in [9.17, 15) is 14.3 Å². The Hall–Kier alpha value is -3.06. The predicted octanol–water partition coefficient (Wildman–Crippen LogP) is 5.00. The number of benzene rings is 1. The molecule has 1 amide bonds. The van der Waals surface area contributed by atoms with Crippen LogP contribution < -0.4 is 14.5 Å². The van der Waals surface area contributed by atoms with E-state index in [0.717, 1.165) is 60.6 Å². The zero-order valence-electron chi connectivity index (χ0n) is 27.4. The molecule has 0 bridgehead atoms. The summed E-state index contributed by atoms with van der Waals surface area (Å²) in [7, 11) is 0. The van der Waals surface area contributed by atoms with E-state index in [4.69, 9.17) is 28.9 Å². The molecule has 250 valence electrons. The Kier molecular flexibility index (Phi) is 8.14. The Balaban J connectivity index is 1.27. The van der Waals surface area contributed by atoms with Crippen molar-refractivity contribution in [3.63, 3.8) is 0 Å². The van der Waals surface area contributed by atoms with E-state index in [1.54, 1.807) is 0 Å². The largest absolute Gasteiger partial charge is 0.465 e. The number of hydrogen-bond acceptors (Lipinski definition) is 9. The van der Waals surface area contributed by atoms with Crippen molar-refractivity contribution in [2.45, 2.75) is 95.4 Å². The summed E-state index contributed by atoms with van der Waals surface area (Å²) in [6.07, 6.45) is 1.67. The maximum Gasteiger partial charge on any atom is 0.412 e. The maximum absolute atomic E-state index is 14.5. The summed E-state index contributed by atoms with van der Waals surface area (Å²) in [6, 6.07) is 6.05. The molecule has 0 unspecified atom stereocenters. The molecule has 0 radical (unpaired) electrons. The standard InChI is InChI=1S/C34H46FN5O6/c1-22-25-8-7-24(40(31(41)42)32(2,3)4)15-27(25)34(21-44-22)17-28-26(19-46-34)29(38-10-6-13-43-14-12-38)37-30(36-28)45-20-33-9-5-11-39(33)18-23(35)16-33/h7-8,15,22-23H,5-6,9-14,16-21H2,1-4H3,(H,41,42)/t22-,23+,33-,34+/m0/s1. The van der Waals surface area contributed by atoms with Crippen LogP contribution >= 0.6 is 0 Å². The lowest BCUT2D eigenvalue weighted by molar-refractivity contribution is -0.148. The van der Waals surface area contributed by atoms with Gasteiger partial charge in [-0.25, -0.2) is 9.18 Å². The molecule has 1 spiro atoms. The molecule has 0 aliphatic carbocycles. The van der Waals surface area contributed by atoms with Crippen molar-refractivity contribution in [1.29, 1.82) is 0 Å². The number of aromatic nitrogens is 2. The van der Waals surface area contributed by atoms with Gasteiger partial charge >= 0.3 is 12.1 Å². The normalized spacial score (nSPS) is 29.6. The fraction of sp³-hybridized carbons (Fsp3) is 0.676. The van der Waals surface area contributed by atoms with Crippen molar-refractivity contribution in [1.82, 2.24) is 14.9 Å². The van der Waals surface area contributed by atoms with E-state index in [0.29, 0.717) is 64.1 Å². The summed E-state index contributed by atoms with van der Waals surface area (Å²) in [4.78, 5) is 28.2. The molecule has 5 aliphatic rings. The highest BCUT2D eigenvalue weighted by atomic mass is 19.1. The van der Waals surface area contributed by atoms with Gasteiger partial charge in [0.1, 0.15) is 24.2 Å². The van der Waals surface area contributed by atoms with Crippen LogP contribution in [0, 0.1) is 0 Å². The molecule has 6 heterocycles. The zero-order chi connectivity index (χ0) is 32.3. The third-order valence-corrected chi connectivity index (χ3v) is 10.4. The van der Waals surface area contributed by atoms with Crippen molar-refractivity contribution in [2.75, 3.05) is 62.4 Å². The van der Waals surface area contributed by atoms with Crippen LogP contribution in [0.25, 0.3) is 0 Å². The van der Waals surface area contributed by atoms with E-state index in [-0.39, 0.29) is 18.2 Å². The number of ether oxygens (including phenoxy) is 4. The molecule has 12 heteroatoms. The molecule has 1 aromatic carbocycles. The highest BCUT2D eigenvalue weighted by Gasteiger charge is 2.50. The minimum atomic E-state index is -1.02. The number of hydrogen-bond donors (Lipinski definition) is 1.